The number of hydrogen-bond donors (Lipinski definition) is 2. The molecule has 1 aromatic carbocycles. The summed E-state index contributed by atoms with van der Waals surface area (Å²) in [7, 11) is -1.48. The Morgan fingerprint density at radius 2 is 1.77 bits per heavy atom. The van der Waals surface area contributed by atoms with Gasteiger partial charge in [0.15, 0.2) is 0 Å². The third kappa shape index (κ3) is 6.23. The summed E-state index contributed by atoms with van der Waals surface area (Å²) in [5.74, 6) is -1.73. The van der Waals surface area contributed by atoms with Crippen molar-refractivity contribution >= 4 is 32.9 Å². The van der Waals surface area contributed by atoms with Crippen LogP contribution in [0.1, 0.15) is 41.8 Å². The molecule has 0 radical (unpaired) electrons. The third-order valence-electron chi connectivity index (χ3n) is 7.50. The van der Waals surface area contributed by atoms with Gasteiger partial charge in [0.05, 0.1) is 28.8 Å². The Bertz CT molecular complexity index is 1490. The van der Waals surface area contributed by atoms with Crippen LogP contribution in [0.3, 0.4) is 0 Å². The number of anilines is 2. The monoisotopic (exact) mass is 585 g/mol. The van der Waals surface area contributed by atoms with E-state index in [1.54, 1.807) is 6.08 Å². The predicted octanol–water partition coefficient (Wildman–Crippen LogP) is 3.36. The fourth-order valence-corrected chi connectivity index (χ4v) is 5.82. The molecule has 4 rings (SSSR count). The van der Waals surface area contributed by atoms with Crippen LogP contribution in [0.25, 0.3) is 5.57 Å². The Kier molecular flexibility index (Phi) is 8.16. The van der Waals surface area contributed by atoms with Gasteiger partial charge in [-0.15, -0.1) is 0 Å². The van der Waals surface area contributed by atoms with E-state index in [9.17, 15) is 31.2 Å². The zero-order chi connectivity index (χ0) is 29.6. The minimum Gasteiger partial charge on any atom is -0.367 e. The Morgan fingerprint density at radius 3 is 2.33 bits per heavy atom. The number of rotatable bonds is 5. The normalized spacial score (nSPS) is 21.3. The smallest absolute Gasteiger partial charge is 0.367 e. The summed E-state index contributed by atoms with van der Waals surface area (Å²) in [4.78, 5) is 30.9. The molecule has 2 aliphatic heterocycles. The molecule has 0 saturated carbocycles. The predicted molar refractivity (Wildman–Crippen MR) is 144 cm³/mol. The number of nitrogens with one attached hydrogen (secondary N) is 2. The molecule has 1 saturated heterocycles. The molecule has 0 aliphatic carbocycles. The molecule has 2 atom stereocenters. The molecule has 1 amide bonds. The standard InChI is InChI=1S/C26H31F4N5O4S/c1-15-13-34(14-16(2)33(15)3)23-11-21(27)18(17-5-7-35(8-6-17)40(4,38)39)9-22(23)32-25(37)19-12-31-24(36)10-20(19)26(28,29)30/h5,9-12,15-16H,6-8,13-14H2,1-4H3,(H,31,36)(H,32,37). The first-order chi connectivity index (χ1) is 18.6. The first-order valence-electron chi connectivity index (χ1n) is 12.6. The molecular formula is C26H31F4N5O4S. The first-order valence-corrected chi connectivity index (χ1v) is 14.5. The maximum Gasteiger partial charge on any atom is 0.417 e. The lowest BCUT2D eigenvalue weighted by Crippen LogP contribution is -2.55. The van der Waals surface area contributed by atoms with Crippen LogP contribution in [0.5, 0.6) is 0 Å². The van der Waals surface area contributed by atoms with Crippen LogP contribution in [0.2, 0.25) is 0 Å². The molecule has 3 heterocycles. The second-order valence-corrected chi connectivity index (χ2v) is 12.3. The molecule has 1 aromatic heterocycles. The lowest BCUT2D eigenvalue weighted by molar-refractivity contribution is -0.138. The Labute approximate surface area is 229 Å². The minimum absolute atomic E-state index is 0.0386. The highest BCUT2D eigenvalue weighted by molar-refractivity contribution is 7.88. The second-order valence-electron chi connectivity index (χ2n) is 10.3. The molecule has 0 spiro atoms. The molecule has 2 aliphatic rings. The SMILES string of the molecule is CC1CN(c2cc(F)c(C3=CCN(S(C)(=O)=O)CC3)cc2NC(=O)c2c[nH]c(=O)cc2C(F)(F)F)CC(C)N1C. The number of halogens is 4. The van der Waals surface area contributed by atoms with Crippen LogP contribution in [0.15, 0.2) is 35.3 Å². The minimum atomic E-state index is -4.96. The van der Waals surface area contributed by atoms with Gasteiger partial charge in [-0.25, -0.2) is 12.8 Å². The van der Waals surface area contributed by atoms with Gasteiger partial charge in [0.2, 0.25) is 15.6 Å². The van der Waals surface area contributed by atoms with Gasteiger partial charge in [-0.1, -0.05) is 6.08 Å². The average molecular weight is 586 g/mol. The molecule has 9 nitrogen and oxygen atoms in total. The van der Waals surface area contributed by atoms with E-state index in [0.717, 1.165) is 6.26 Å². The van der Waals surface area contributed by atoms with Crippen LogP contribution >= 0.6 is 0 Å². The molecule has 40 heavy (non-hydrogen) atoms. The summed E-state index contributed by atoms with van der Waals surface area (Å²) in [5.41, 5.74) is -2.18. The Balaban J connectivity index is 1.78. The molecule has 2 unspecified atom stereocenters. The van der Waals surface area contributed by atoms with Gasteiger partial charge in [0, 0.05) is 56.1 Å². The third-order valence-corrected chi connectivity index (χ3v) is 8.76. The van der Waals surface area contributed by atoms with Gasteiger partial charge >= 0.3 is 6.18 Å². The van der Waals surface area contributed by atoms with Gasteiger partial charge in [0.25, 0.3) is 5.91 Å². The van der Waals surface area contributed by atoms with E-state index in [0.29, 0.717) is 36.6 Å². The zero-order valence-corrected chi connectivity index (χ0v) is 23.3. The number of likely N-dealkylation sites (N-methyl/N-ethyl adjacent to an activating group) is 1. The van der Waals surface area contributed by atoms with E-state index in [2.05, 4.69) is 15.2 Å². The van der Waals surface area contributed by atoms with Crippen molar-refractivity contribution in [3.05, 3.63) is 63.3 Å². The maximum atomic E-state index is 15.6. The highest BCUT2D eigenvalue weighted by atomic mass is 32.2. The van der Waals surface area contributed by atoms with E-state index < -0.39 is 44.6 Å². The summed E-state index contributed by atoms with van der Waals surface area (Å²) >= 11 is 0. The highest BCUT2D eigenvalue weighted by Crippen LogP contribution is 2.37. The van der Waals surface area contributed by atoms with Gasteiger partial charge in [-0.3, -0.25) is 14.5 Å². The number of aromatic amines is 1. The van der Waals surface area contributed by atoms with E-state index in [1.807, 2.05) is 25.8 Å². The highest BCUT2D eigenvalue weighted by Gasteiger charge is 2.36. The molecule has 2 aromatic rings. The Hall–Kier alpha value is -3.23. The number of carbonyl (C=O) groups excluding carboxylic acids is 1. The number of aromatic nitrogens is 1. The van der Waals surface area contributed by atoms with Crippen molar-refractivity contribution in [2.75, 3.05) is 49.7 Å². The second kappa shape index (κ2) is 11.0. The van der Waals surface area contributed by atoms with Crippen molar-refractivity contribution in [1.82, 2.24) is 14.2 Å². The number of carbonyl (C=O) groups is 1. The number of hydrogen-bond acceptors (Lipinski definition) is 6. The van der Waals surface area contributed by atoms with Crippen molar-refractivity contribution in [2.24, 2.45) is 0 Å². The van der Waals surface area contributed by atoms with E-state index in [1.165, 1.54) is 16.4 Å². The number of benzene rings is 1. The number of piperazine rings is 1. The topological polar surface area (TPSA) is 106 Å². The van der Waals surface area contributed by atoms with Crippen molar-refractivity contribution < 1.29 is 30.8 Å². The van der Waals surface area contributed by atoms with E-state index in [4.69, 9.17) is 0 Å². The van der Waals surface area contributed by atoms with Crippen LogP contribution in [0.4, 0.5) is 28.9 Å². The number of sulfonamides is 1. The molecule has 14 heteroatoms. The molecule has 2 N–H and O–H groups in total. The fraction of sp³-hybridized carbons (Fsp3) is 0.462. The maximum absolute atomic E-state index is 15.6. The fourth-order valence-electron chi connectivity index (χ4n) is 5.05. The average Bonchev–Trinajstić information content (AvgIpc) is 2.86. The number of amides is 1. The number of alkyl halides is 3. The summed E-state index contributed by atoms with van der Waals surface area (Å²) in [6.07, 6.45) is -1.39. The lowest BCUT2D eigenvalue weighted by atomic mass is 9.97. The van der Waals surface area contributed by atoms with Crippen molar-refractivity contribution in [3.8, 4) is 0 Å². The molecule has 218 valence electrons. The van der Waals surface area contributed by atoms with Gasteiger partial charge in [-0.2, -0.15) is 17.5 Å². The van der Waals surface area contributed by atoms with E-state index in [-0.39, 0.29) is 42.8 Å². The van der Waals surface area contributed by atoms with Crippen LogP contribution in [-0.4, -0.2) is 80.1 Å². The number of H-pyrrole nitrogens is 1. The number of nitrogens with zero attached hydrogens (tertiary/aromatic N) is 3. The van der Waals surface area contributed by atoms with Crippen LogP contribution < -0.4 is 15.8 Å². The largest absolute Gasteiger partial charge is 0.417 e. The summed E-state index contributed by atoms with van der Waals surface area (Å²) < 4.78 is 81.5. The molecular weight excluding hydrogens is 554 g/mol. The van der Waals surface area contributed by atoms with Crippen LogP contribution in [0, 0.1) is 5.82 Å². The lowest BCUT2D eigenvalue weighted by Gasteiger charge is -2.44. The molecule has 0 bridgehead atoms. The van der Waals surface area contributed by atoms with Crippen molar-refractivity contribution in [1.29, 1.82) is 0 Å². The Morgan fingerprint density at radius 1 is 1.12 bits per heavy atom. The quantitative estimate of drug-likeness (QED) is 0.522. The van der Waals surface area contributed by atoms with Crippen molar-refractivity contribution in [2.45, 2.75) is 38.5 Å². The zero-order valence-electron chi connectivity index (χ0n) is 22.5. The van der Waals surface area contributed by atoms with Gasteiger partial charge < -0.3 is 15.2 Å². The summed E-state index contributed by atoms with van der Waals surface area (Å²) in [5, 5.41) is 2.52. The summed E-state index contributed by atoms with van der Waals surface area (Å²) in [6, 6.07) is 3.06. The van der Waals surface area contributed by atoms with Gasteiger partial charge in [-0.05, 0) is 45.0 Å². The van der Waals surface area contributed by atoms with E-state index >= 15 is 4.39 Å². The first kappa shape index (κ1) is 29.7. The van der Waals surface area contributed by atoms with Gasteiger partial charge in [0.1, 0.15) is 5.82 Å². The molecule has 1 fully saturated rings. The van der Waals surface area contributed by atoms with Crippen molar-refractivity contribution in [3.63, 3.8) is 0 Å². The number of pyridine rings is 1. The summed E-state index contributed by atoms with van der Waals surface area (Å²) in [6.45, 7) is 5.09. The van der Waals surface area contributed by atoms with Crippen LogP contribution in [-0.2, 0) is 16.2 Å².